The van der Waals surface area contributed by atoms with E-state index in [1.54, 1.807) is 12.2 Å². The standard InChI is InChI=1S/C28H37N2O3.H2O/c1-5-13-22(6-2)28(31)32-19-18-30(3,4)21-25-20-29-27(33-25)26(23-14-9-7-10-15-23)24-16-11-8-12-17-24;/h5-7,9-10,13-15,20,24,26H,1-2,8,11-12,16-19,21H2,3-4H3;1H2/q+1;/b22-13+;. The lowest BCUT2D eigenvalue weighted by Gasteiger charge is -2.29. The topological polar surface area (TPSA) is 83.8 Å². The van der Waals surface area contributed by atoms with Crippen molar-refractivity contribution in [3.63, 3.8) is 0 Å². The van der Waals surface area contributed by atoms with E-state index in [9.17, 15) is 4.79 Å². The van der Waals surface area contributed by atoms with Crippen molar-refractivity contribution >= 4 is 5.97 Å². The number of hydrogen-bond donors (Lipinski definition) is 0. The highest BCUT2D eigenvalue weighted by atomic mass is 16.5. The Kier molecular flexibility index (Phi) is 10.5. The second-order valence-corrected chi connectivity index (χ2v) is 9.47. The van der Waals surface area contributed by atoms with Crippen molar-refractivity contribution in [3.8, 4) is 0 Å². The van der Waals surface area contributed by atoms with Gasteiger partial charge in [0.1, 0.15) is 19.7 Å². The predicted molar refractivity (Wildman–Crippen MR) is 135 cm³/mol. The summed E-state index contributed by atoms with van der Waals surface area (Å²) in [5.41, 5.74) is 1.69. The molecule has 6 heteroatoms. The molecule has 2 aromatic rings. The molecule has 1 atom stereocenters. The predicted octanol–water partition coefficient (Wildman–Crippen LogP) is 4.98. The number of esters is 1. The van der Waals surface area contributed by atoms with Gasteiger partial charge in [-0.25, -0.2) is 9.78 Å². The van der Waals surface area contributed by atoms with Gasteiger partial charge in [-0.2, -0.15) is 0 Å². The third-order valence-electron chi connectivity index (χ3n) is 6.38. The van der Waals surface area contributed by atoms with Crippen molar-refractivity contribution in [1.29, 1.82) is 0 Å². The molecule has 0 spiro atoms. The summed E-state index contributed by atoms with van der Waals surface area (Å²) in [7, 11) is 4.19. The van der Waals surface area contributed by atoms with E-state index in [4.69, 9.17) is 14.1 Å². The fraction of sp³-hybridized carbons (Fsp3) is 0.429. The Labute approximate surface area is 203 Å². The van der Waals surface area contributed by atoms with E-state index in [0.717, 1.165) is 11.7 Å². The quantitative estimate of drug-likeness (QED) is 0.202. The van der Waals surface area contributed by atoms with Gasteiger partial charge in [0.25, 0.3) is 0 Å². The normalized spacial score (nSPS) is 15.8. The molecule has 6 nitrogen and oxygen atoms in total. The molecule has 1 aliphatic carbocycles. The number of ether oxygens (including phenoxy) is 1. The van der Waals surface area contributed by atoms with Gasteiger partial charge in [-0.15, -0.1) is 0 Å². The van der Waals surface area contributed by atoms with Gasteiger partial charge in [-0.1, -0.05) is 74.9 Å². The zero-order valence-electron chi connectivity index (χ0n) is 20.5. The lowest BCUT2D eigenvalue weighted by Crippen LogP contribution is -2.41. The molecule has 2 N–H and O–H groups in total. The first-order chi connectivity index (χ1) is 15.9. The average Bonchev–Trinajstić information content (AvgIpc) is 3.25. The minimum absolute atomic E-state index is 0. The Balaban J connectivity index is 0.00000408. The van der Waals surface area contributed by atoms with E-state index in [0.29, 0.717) is 35.7 Å². The van der Waals surface area contributed by atoms with Crippen molar-refractivity contribution < 1.29 is 23.9 Å². The van der Waals surface area contributed by atoms with Gasteiger partial charge in [0, 0.05) is 0 Å². The molecule has 1 fully saturated rings. The molecule has 1 aromatic heterocycles. The second kappa shape index (κ2) is 13.1. The summed E-state index contributed by atoms with van der Waals surface area (Å²) in [6, 6.07) is 10.6. The number of quaternary nitrogens is 1. The number of oxazole rings is 1. The molecule has 0 bridgehead atoms. The third kappa shape index (κ3) is 7.54. The molecule has 1 unspecified atom stereocenters. The number of benzene rings is 1. The molecule has 1 aliphatic rings. The van der Waals surface area contributed by atoms with E-state index in [2.05, 4.69) is 57.6 Å². The third-order valence-corrected chi connectivity index (χ3v) is 6.38. The van der Waals surface area contributed by atoms with Crippen LogP contribution in [0.1, 0.15) is 55.2 Å². The second-order valence-electron chi connectivity index (χ2n) is 9.47. The molecule has 1 aromatic carbocycles. The summed E-state index contributed by atoms with van der Waals surface area (Å²) in [6.07, 6.45) is 12.8. The molecule has 0 aliphatic heterocycles. The molecule has 1 heterocycles. The number of likely N-dealkylation sites (N-methyl/N-ethyl adjacent to an activating group) is 1. The van der Waals surface area contributed by atoms with Gasteiger partial charge < -0.3 is 19.1 Å². The minimum atomic E-state index is -0.384. The summed E-state index contributed by atoms with van der Waals surface area (Å²) in [4.78, 5) is 16.9. The minimum Gasteiger partial charge on any atom is -0.456 e. The largest absolute Gasteiger partial charge is 0.456 e. The van der Waals surface area contributed by atoms with E-state index < -0.39 is 0 Å². The molecule has 0 saturated heterocycles. The zero-order chi connectivity index (χ0) is 23.7. The summed E-state index contributed by atoms with van der Waals surface area (Å²) < 4.78 is 12.4. The van der Waals surface area contributed by atoms with Crippen LogP contribution in [0.25, 0.3) is 0 Å². The molecule has 184 valence electrons. The van der Waals surface area contributed by atoms with Crippen molar-refractivity contribution in [2.75, 3.05) is 27.2 Å². The van der Waals surface area contributed by atoms with E-state index in [-0.39, 0.29) is 17.4 Å². The number of allylic oxidation sites excluding steroid dienone is 2. The summed E-state index contributed by atoms with van der Waals surface area (Å²) in [5, 5.41) is 0. The highest BCUT2D eigenvalue weighted by Gasteiger charge is 2.31. The molecular formula is C28H39N2O4+. The van der Waals surface area contributed by atoms with Gasteiger partial charge in [0.15, 0.2) is 5.76 Å². The van der Waals surface area contributed by atoms with E-state index in [1.165, 1.54) is 43.7 Å². The number of aromatic nitrogens is 1. The maximum Gasteiger partial charge on any atom is 0.338 e. The maximum absolute atomic E-state index is 12.1. The van der Waals surface area contributed by atoms with Gasteiger partial charge >= 0.3 is 5.97 Å². The monoisotopic (exact) mass is 467 g/mol. The molecule has 34 heavy (non-hydrogen) atoms. The van der Waals surface area contributed by atoms with Crippen molar-refractivity contribution in [3.05, 3.63) is 90.7 Å². The SMILES string of the molecule is C=C/C=C(\C=C)C(=O)OCC[N+](C)(C)Cc1cnc(C(c2ccccc2)C2CCCCC2)o1.O. The van der Waals surface area contributed by atoms with Crippen LogP contribution in [0.15, 0.2) is 77.9 Å². The number of rotatable bonds is 11. The molecule has 0 radical (unpaired) electrons. The van der Waals surface area contributed by atoms with Crippen LogP contribution in [-0.4, -0.2) is 48.2 Å². The molecule has 1 saturated carbocycles. The molecule has 3 rings (SSSR count). The summed E-state index contributed by atoms with van der Waals surface area (Å²) in [6.45, 7) is 8.90. The van der Waals surface area contributed by atoms with Crippen LogP contribution in [0.4, 0.5) is 0 Å². The Morgan fingerprint density at radius 3 is 2.56 bits per heavy atom. The Morgan fingerprint density at radius 2 is 1.91 bits per heavy atom. The van der Waals surface area contributed by atoms with Crippen LogP contribution in [0.3, 0.4) is 0 Å². The smallest absolute Gasteiger partial charge is 0.338 e. The molecule has 0 amide bonds. The maximum atomic E-state index is 12.1. The highest BCUT2D eigenvalue weighted by molar-refractivity contribution is 5.91. The first-order valence-electron chi connectivity index (χ1n) is 11.9. The highest BCUT2D eigenvalue weighted by Crippen LogP contribution is 2.40. The average molecular weight is 468 g/mol. The van der Waals surface area contributed by atoms with Crippen LogP contribution in [-0.2, 0) is 16.1 Å². The van der Waals surface area contributed by atoms with Crippen LogP contribution in [0.2, 0.25) is 0 Å². The summed E-state index contributed by atoms with van der Waals surface area (Å²) >= 11 is 0. The van der Waals surface area contributed by atoms with Crippen molar-refractivity contribution in [1.82, 2.24) is 4.98 Å². The van der Waals surface area contributed by atoms with Crippen LogP contribution < -0.4 is 0 Å². The van der Waals surface area contributed by atoms with E-state index in [1.807, 2.05) is 6.20 Å². The van der Waals surface area contributed by atoms with Crippen molar-refractivity contribution in [2.45, 2.75) is 44.6 Å². The Bertz CT molecular complexity index is 956. The van der Waals surface area contributed by atoms with Gasteiger partial charge in [0.2, 0.25) is 5.89 Å². The lowest BCUT2D eigenvalue weighted by molar-refractivity contribution is -0.904. The molecular weight excluding hydrogens is 428 g/mol. The Morgan fingerprint density at radius 1 is 1.21 bits per heavy atom. The van der Waals surface area contributed by atoms with E-state index >= 15 is 0 Å². The number of nitrogens with zero attached hydrogens (tertiary/aromatic N) is 2. The number of hydrogen-bond acceptors (Lipinski definition) is 4. The van der Waals surface area contributed by atoms with Crippen LogP contribution >= 0.6 is 0 Å². The Hall–Kier alpha value is -2.96. The lowest BCUT2D eigenvalue weighted by atomic mass is 9.77. The van der Waals surface area contributed by atoms with Gasteiger partial charge in [-0.05, 0) is 30.4 Å². The zero-order valence-corrected chi connectivity index (χ0v) is 20.5. The number of carbonyl (C=O) groups excluding carboxylic acids is 1. The van der Waals surface area contributed by atoms with Crippen LogP contribution in [0.5, 0.6) is 0 Å². The van der Waals surface area contributed by atoms with Gasteiger partial charge in [0.05, 0.1) is 31.8 Å². The van der Waals surface area contributed by atoms with Crippen molar-refractivity contribution in [2.24, 2.45) is 5.92 Å². The fourth-order valence-electron chi connectivity index (χ4n) is 4.60. The first-order valence-corrected chi connectivity index (χ1v) is 11.9. The summed E-state index contributed by atoms with van der Waals surface area (Å²) in [5.74, 6) is 2.06. The van der Waals surface area contributed by atoms with Gasteiger partial charge in [-0.3, -0.25) is 0 Å². The number of carbonyl (C=O) groups is 1. The fourth-order valence-corrected chi connectivity index (χ4v) is 4.60. The van der Waals surface area contributed by atoms with Crippen LogP contribution in [0, 0.1) is 5.92 Å². The first kappa shape index (κ1) is 27.3.